The fourth-order valence-corrected chi connectivity index (χ4v) is 2.77. The quantitative estimate of drug-likeness (QED) is 0.739. The van der Waals surface area contributed by atoms with Crippen LogP contribution < -0.4 is 4.90 Å². The van der Waals surface area contributed by atoms with Gasteiger partial charge in [0.05, 0.1) is 5.52 Å². The summed E-state index contributed by atoms with van der Waals surface area (Å²) in [7, 11) is 0. The number of para-hydroxylation sites is 1. The molecule has 3 nitrogen and oxygen atoms in total. The van der Waals surface area contributed by atoms with Crippen molar-refractivity contribution in [2.24, 2.45) is 5.41 Å². The van der Waals surface area contributed by atoms with Crippen LogP contribution in [0.3, 0.4) is 0 Å². The Morgan fingerprint density at radius 2 is 1.79 bits per heavy atom. The summed E-state index contributed by atoms with van der Waals surface area (Å²) in [6.45, 7) is 6.72. The zero-order chi connectivity index (χ0) is 13.5. The van der Waals surface area contributed by atoms with Crippen LogP contribution >= 0.6 is 11.6 Å². The molecule has 3 rings (SSSR count). The van der Waals surface area contributed by atoms with Crippen LogP contribution in [0.1, 0.15) is 26.7 Å². The van der Waals surface area contributed by atoms with E-state index in [0.717, 1.165) is 29.8 Å². The van der Waals surface area contributed by atoms with E-state index in [9.17, 15) is 0 Å². The molecule has 1 aliphatic rings. The highest BCUT2D eigenvalue weighted by Gasteiger charge is 2.27. The monoisotopic (exact) mass is 275 g/mol. The highest BCUT2D eigenvalue weighted by Crippen LogP contribution is 2.34. The summed E-state index contributed by atoms with van der Waals surface area (Å²) in [6, 6.07) is 8.06. The van der Waals surface area contributed by atoms with Crippen LogP contribution in [-0.2, 0) is 0 Å². The summed E-state index contributed by atoms with van der Waals surface area (Å²) in [5.41, 5.74) is 1.35. The molecule has 2 heterocycles. The molecule has 0 amide bonds. The topological polar surface area (TPSA) is 29.0 Å². The molecule has 0 unspecified atom stereocenters. The Bertz CT molecular complexity index is 599. The lowest BCUT2D eigenvalue weighted by Crippen LogP contribution is -2.37. The molecule has 1 fully saturated rings. The Balaban J connectivity index is 2.01. The van der Waals surface area contributed by atoms with E-state index in [4.69, 9.17) is 11.6 Å². The van der Waals surface area contributed by atoms with Gasteiger partial charge >= 0.3 is 0 Å². The van der Waals surface area contributed by atoms with Gasteiger partial charge in [0.15, 0.2) is 0 Å². The van der Waals surface area contributed by atoms with Crippen molar-refractivity contribution in [1.29, 1.82) is 0 Å². The van der Waals surface area contributed by atoms with Gasteiger partial charge in [0, 0.05) is 18.5 Å². The first-order chi connectivity index (χ1) is 9.05. The van der Waals surface area contributed by atoms with E-state index in [1.165, 1.54) is 12.8 Å². The molecule has 0 spiro atoms. The van der Waals surface area contributed by atoms with Crippen LogP contribution in [0.15, 0.2) is 24.3 Å². The minimum atomic E-state index is 0.332. The first kappa shape index (κ1) is 12.7. The van der Waals surface area contributed by atoms with E-state index in [-0.39, 0.29) is 0 Å². The smallest absolute Gasteiger partial charge is 0.224 e. The van der Waals surface area contributed by atoms with Crippen molar-refractivity contribution < 1.29 is 0 Å². The van der Waals surface area contributed by atoms with E-state index in [1.54, 1.807) is 0 Å². The van der Waals surface area contributed by atoms with Gasteiger partial charge in [-0.15, -0.1) is 0 Å². The largest absolute Gasteiger partial charge is 0.356 e. The van der Waals surface area contributed by atoms with E-state index in [2.05, 4.69) is 34.8 Å². The van der Waals surface area contributed by atoms with Crippen molar-refractivity contribution in [3.63, 3.8) is 0 Å². The fraction of sp³-hybridized carbons (Fsp3) is 0.467. The van der Waals surface area contributed by atoms with Crippen LogP contribution in [0, 0.1) is 5.41 Å². The standard InChI is InChI=1S/C15H18ClN3/c1-15(2)7-9-19(10-8-15)13-11-5-3-4-6-12(11)17-14(16)18-13/h3-6H,7-10H2,1-2H3. The molecule has 0 radical (unpaired) electrons. The second-order valence-corrected chi connectivity index (χ2v) is 6.32. The van der Waals surface area contributed by atoms with Crippen LogP contribution in [0.4, 0.5) is 5.82 Å². The lowest BCUT2D eigenvalue weighted by molar-refractivity contribution is 0.279. The second-order valence-electron chi connectivity index (χ2n) is 5.98. The predicted octanol–water partition coefficient (Wildman–Crippen LogP) is 3.91. The van der Waals surface area contributed by atoms with Crippen molar-refractivity contribution in [1.82, 2.24) is 9.97 Å². The van der Waals surface area contributed by atoms with Crippen LogP contribution in [-0.4, -0.2) is 23.1 Å². The van der Waals surface area contributed by atoms with Crippen LogP contribution in [0.2, 0.25) is 5.28 Å². The molecule has 1 aromatic heterocycles. The number of rotatable bonds is 1. The van der Waals surface area contributed by atoms with Gasteiger partial charge in [0.1, 0.15) is 5.82 Å². The van der Waals surface area contributed by atoms with Gasteiger partial charge in [-0.3, -0.25) is 0 Å². The number of aromatic nitrogens is 2. The molecular formula is C15H18ClN3. The summed E-state index contributed by atoms with van der Waals surface area (Å²) in [6.07, 6.45) is 2.37. The average molecular weight is 276 g/mol. The number of fused-ring (bicyclic) bond motifs is 1. The van der Waals surface area contributed by atoms with Crippen molar-refractivity contribution >= 4 is 28.3 Å². The summed E-state index contributed by atoms with van der Waals surface area (Å²) in [5.74, 6) is 0.978. The highest BCUT2D eigenvalue weighted by molar-refractivity contribution is 6.28. The van der Waals surface area contributed by atoms with Gasteiger partial charge in [-0.05, 0) is 42.0 Å². The maximum absolute atomic E-state index is 6.05. The van der Waals surface area contributed by atoms with Crippen LogP contribution in [0.25, 0.3) is 10.9 Å². The maximum atomic E-state index is 6.05. The molecule has 1 saturated heterocycles. The highest BCUT2D eigenvalue weighted by atomic mass is 35.5. The van der Waals surface area contributed by atoms with E-state index in [0.29, 0.717) is 10.7 Å². The molecule has 0 aliphatic carbocycles. The average Bonchev–Trinajstić information content (AvgIpc) is 2.38. The number of hydrogen-bond donors (Lipinski definition) is 0. The van der Waals surface area contributed by atoms with Crippen molar-refractivity contribution in [2.45, 2.75) is 26.7 Å². The number of benzene rings is 1. The lowest BCUT2D eigenvalue weighted by Gasteiger charge is -2.37. The molecule has 1 aliphatic heterocycles. The van der Waals surface area contributed by atoms with E-state index >= 15 is 0 Å². The summed E-state index contributed by atoms with van der Waals surface area (Å²) in [4.78, 5) is 11.1. The lowest BCUT2D eigenvalue weighted by atomic mass is 9.82. The molecule has 4 heteroatoms. The Labute approximate surface area is 118 Å². The summed E-state index contributed by atoms with van der Waals surface area (Å²) < 4.78 is 0. The Morgan fingerprint density at radius 3 is 2.53 bits per heavy atom. The molecule has 1 aromatic carbocycles. The Hall–Kier alpha value is -1.35. The van der Waals surface area contributed by atoms with Crippen molar-refractivity contribution in [2.75, 3.05) is 18.0 Å². The fourth-order valence-electron chi connectivity index (χ4n) is 2.60. The molecular weight excluding hydrogens is 258 g/mol. The number of anilines is 1. The van der Waals surface area contributed by atoms with Gasteiger partial charge in [-0.25, -0.2) is 4.98 Å². The van der Waals surface area contributed by atoms with Gasteiger partial charge in [-0.1, -0.05) is 26.0 Å². The number of nitrogens with zero attached hydrogens (tertiary/aromatic N) is 3. The minimum absolute atomic E-state index is 0.332. The minimum Gasteiger partial charge on any atom is -0.356 e. The zero-order valence-corrected chi connectivity index (χ0v) is 12.1. The van der Waals surface area contributed by atoms with Crippen LogP contribution in [0.5, 0.6) is 0 Å². The van der Waals surface area contributed by atoms with Crippen molar-refractivity contribution in [3.8, 4) is 0 Å². The molecule has 100 valence electrons. The van der Waals surface area contributed by atoms with Gasteiger partial charge in [0.25, 0.3) is 0 Å². The number of hydrogen-bond acceptors (Lipinski definition) is 3. The first-order valence-electron chi connectivity index (χ1n) is 6.72. The summed E-state index contributed by atoms with van der Waals surface area (Å²) >= 11 is 6.05. The first-order valence-corrected chi connectivity index (χ1v) is 7.10. The third-order valence-corrected chi connectivity index (χ3v) is 4.14. The Morgan fingerprint density at radius 1 is 1.11 bits per heavy atom. The van der Waals surface area contributed by atoms with Gasteiger partial charge < -0.3 is 4.90 Å². The predicted molar refractivity (Wildman–Crippen MR) is 79.8 cm³/mol. The second kappa shape index (κ2) is 4.64. The molecule has 0 N–H and O–H groups in total. The third kappa shape index (κ3) is 2.52. The normalized spacial score (nSPS) is 18.8. The van der Waals surface area contributed by atoms with E-state index < -0.39 is 0 Å². The van der Waals surface area contributed by atoms with E-state index in [1.807, 2.05) is 18.2 Å². The SMILES string of the molecule is CC1(C)CCN(c2nc(Cl)nc3ccccc23)CC1. The van der Waals surface area contributed by atoms with Gasteiger partial charge in [-0.2, -0.15) is 4.98 Å². The Kier molecular flexibility index (Phi) is 3.09. The molecule has 2 aromatic rings. The molecule has 19 heavy (non-hydrogen) atoms. The van der Waals surface area contributed by atoms with Gasteiger partial charge in [0.2, 0.25) is 5.28 Å². The zero-order valence-electron chi connectivity index (χ0n) is 11.4. The molecule has 0 atom stereocenters. The molecule has 0 saturated carbocycles. The maximum Gasteiger partial charge on any atom is 0.224 e. The third-order valence-electron chi connectivity index (χ3n) is 3.97. The number of halogens is 1. The molecule has 0 bridgehead atoms. The van der Waals surface area contributed by atoms with Crippen molar-refractivity contribution in [3.05, 3.63) is 29.5 Å². The number of piperidine rings is 1. The summed E-state index contributed by atoms with van der Waals surface area (Å²) in [5, 5.41) is 1.42.